The number of aryl methyl sites for hydroxylation is 2. The maximum Gasteiger partial charge on any atom is 0.222 e. The number of thiophene rings is 1. The number of piperidine rings is 1. The Bertz CT molecular complexity index is 1100. The number of fused-ring (bicyclic) bond motifs is 1. The lowest BCUT2D eigenvalue weighted by Crippen LogP contribution is -2.41. The molecule has 0 spiro atoms. The Hall–Kier alpha value is -2.15. The molecule has 0 bridgehead atoms. The van der Waals surface area contributed by atoms with E-state index in [0.717, 1.165) is 45.6 Å². The standard InChI is InChI=1S/C28H37N3O2S/c1-20-17-21(2)19-23(18-20)27-24(25-8-16-34-28(25)29-27)7-11-30-9-5-22(6-10-30)3-4-26(32)31-12-14-33-15-13-31/h8,16-19,22,29H,3-7,9-15H2,1-2H3. The summed E-state index contributed by atoms with van der Waals surface area (Å²) in [6, 6.07) is 9.12. The molecule has 5 nitrogen and oxygen atoms in total. The van der Waals surface area contributed by atoms with E-state index < -0.39 is 0 Å². The summed E-state index contributed by atoms with van der Waals surface area (Å²) in [5, 5.41) is 3.58. The summed E-state index contributed by atoms with van der Waals surface area (Å²) in [5.74, 6) is 1.000. The van der Waals surface area contributed by atoms with Gasteiger partial charge in [-0.3, -0.25) is 4.79 Å². The van der Waals surface area contributed by atoms with Crippen molar-refractivity contribution in [3.05, 3.63) is 46.3 Å². The molecule has 1 amide bonds. The molecule has 6 heteroatoms. The molecule has 0 saturated carbocycles. The third-order valence-electron chi connectivity index (χ3n) is 7.56. The zero-order valence-electron chi connectivity index (χ0n) is 20.6. The number of aromatic amines is 1. The van der Waals surface area contributed by atoms with Crippen molar-refractivity contribution < 1.29 is 9.53 Å². The Kier molecular flexibility index (Phi) is 7.37. The lowest BCUT2D eigenvalue weighted by Gasteiger charge is -2.32. The zero-order valence-corrected chi connectivity index (χ0v) is 21.4. The minimum absolute atomic E-state index is 0.317. The fourth-order valence-corrected chi connectivity index (χ4v) is 6.48. The Labute approximate surface area is 207 Å². The zero-order chi connectivity index (χ0) is 23.5. The molecule has 0 atom stereocenters. The van der Waals surface area contributed by atoms with Crippen LogP contribution in [-0.2, 0) is 16.0 Å². The summed E-state index contributed by atoms with van der Waals surface area (Å²) in [6.45, 7) is 10.7. The van der Waals surface area contributed by atoms with Gasteiger partial charge in [-0.25, -0.2) is 0 Å². The van der Waals surface area contributed by atoms with E-state index in [1.54, 1.807) is 11.3 Å². The maximum atomic E-state index is 12.5. The van der Waals surface area contributed by atoms with Crippen LogP contribution < -0.4 is 0 Å². The number of amides is 1. The topological polar surface area (TPSA) is 48.6 Å². The number of carbonyl (C=O) groups excluding carboxylic acids is 1. The first-order chi connectivity index (χ1) is 16.6. The molecule has 4 heterocycles. The van der Waals surface area contributed by atoms with Crippen molar-refractivity contribution in [1.82, 2.24) is 14.8 Å². The second-order valence-electron chi connectivity index (χ2n) is 10.1. The number of carbonyl (C=O) groups is 1. The molecule has 2 aliphatic rings. The van der Waals surface area contributed by atoms with Crippen molar-refractivity contribution in [2.75, 3.05) is 45.9 Å². The highest BCUT2D eigenvalue weighted by Crippen LogP contribution is 2.35. The van der Waals surface area contributed by atoms with Gasteiger partial charge in [0.05, 0.1) is 18.9 Å². The van der Waals surface area contributed by atoms with Crippen LogP contribution in [0, 0.1) is 19.8 Å². The number of nitrogens with zero attached hydrogens (tertiary/aromatic N) is 2. The summed E-state index contributed by atoms with van der Waals surface area (Å²) in [5.41, 5.74) is 6.69. The number of likely N-dealkylation sites (tertiary alicyclic amines) is 1. The molecule has 0 aliphatic carbocycles. The van der Waals surface area contributed by atoms with Gasteiger partial charge in [0.25, 0.3) is 0 Å². The largest absolute Gasteiger partial charge is 0.378 e. The summed E-state index contributed by atoms with van der Waals surface area (Å²) in [6.07, 6.45) is 5.22. The lowest BCUT2D eigenvalue weighted by molar-refractivity contribution is -0.135. The molecule has 2 aromatic heterocycles. The van der Waals surface area contributed by atoms with Crippen molar-refractivity contribution in [2.45, 2.75) is 46.0 Å². The van der Waals surface area contributed by atoms with Gasteiger partial charge in [0.1, 0.15) is 4.83 Å². The van der Waals surface area contributed by atoms with E-state index in [-0.39, 0.29) is 0 Å². The molecule has 182 valence electrons. The Morgan fingerprint density at radius 1 is 1.09 bits per heavy atom. The van der Waals surface area contributed by atoms with Gasteiger partial charge in [-0.05, 0) is 93.2 Å². The molecule has 0 unspecified atom stereocenters. The Balaban J connectivity index is 1.16. The third kappa shape index (κ3) is 5.40. The first kappa shape index (κ1) is 23.6. The van der Waals surface area contributed by atoms with Gasteiger partial charge >= 0.3 is 0 Å². The predicted octanol–water partition coefficient (Wildman–Crippen LogP) is 5.41. The van der Waals surface area contributed by atoms with Crippen molar-refractivity contribution in [3.8, 4) is 11.3 Å². The van der Waals surface area contributed by atoms with Crippen LogP contribution in [-0.4, -0.2) is 66.6 Å². The fraction of sp³-hybridized carbons (Fsp3) is 0.536. The quantitative estimate of drug-likeness (QED) is 0.493. The van der Waals surface area contributed by atoms with Crippen LogP contribution in [0.25, 0.3) is 21.5 Å². The molecular formula is C28H37N3O2S. The highest BCUT2D eigenvalue weighted by atomic mass is 32.1. The minimum atomic E-state index is 0.317. The van der Waals surface area contributed by atoms with Gasteiger partial charge in [-0.1, -0.05) is 17.2 Å². The van der Waals surface area contributed by atoms with Crippen molar-refractivity contribution in [2.24, 2.45) is 5.92 Å². The first-order valence-electron chi connectivity index (χ1n) is 12.8. The van der Waals surface area contributed by atoms with E-state index in [2.05, 4.69) is 53.4 Å². The van der Waals surface area contributed by atoms with Gasteiger partial charge in [0.2, 0.25) is 5.91 Å². The van der Waals surface area contributed by atoms with Crippen LogP contribution in [0.15, 0.2) is 29.6 Å². The van der Waals surface area contributed by atoms with Gasteiger partial charge in [0, 0.05) is 31.4 Å². The molecular weight excluding hydrogens is 442 g/mol. The average Bonchev–Trinajstić information content (AvgIpc) is 3.44. The summed E-state index contributed by atoms with van der Waals surface area (Å²) >= 11 is 1.80. The van der Waals surface area contributed by atoms with Crippen molar-refractivity contribution in [3.63, 3.8) is 0 Å². The monoisotopic (exact) mass is 479 g/mol. The molecule has 2 aliphatic heterocycles. The molecule has 0 radical (unpaired) electrons. The number of benzene rings is 1. The van der Waals surface area contributed by atoms with E-state index >= 15 is 0 Å². The maximum absolute atomic E-state index is 12.5. The highest BCUT2D eigenvalue weighted by molar-refractivity contribution is 7.16. The van der Waals surface area contributed by atoms with Gasteiger partial charge in [-0.15, -0.1) is 11.3 Å². The van der Waals surface area contributed by atoms with Gasteiger partial charge in [-0.2, -0.15) is 0 Å². The Morgan fingerprint density at radius 3 is 2.56 bits per heavy atom. The molecule has 1 N–H and O–H groups in total. The SMILES string of the molecule is Cc1cc(C)cc(-c2[nH]c3sccc3c2CCN2CCC(CCC(=O)N3CCOCC3)CC2)c1. The van der Waals surface area contributed by atoms with E-state index in [9.17, 15) is 4.79 Å². The van der Waals surface area contributed by atoms with Crippen molar-refractivity contribution in [1.29, 1.82) is 0 Å². The second-order valence-corrected chi connectivity index (χ2v) is 11.0. The molecule has 5 rings (SSSR count). The van der Waals surface area contributed by atoms with Crippen LogP contribution in [0.2, 0.25) is 0 Å². The lowest BCUT2D eigenvalue weighted by atomic mass is 9.91. The molecule has 1 aromatic carbocycles. The number of nitrogens with one attached hydrogen (secondary N) is 1. The van der Waals surface area contributed by atoms with Gasteiger partial charge in [0.15, 0.2) is 0 Å². The number of hydrogen-bond acceptors (Lipinski definition) is 4. The minimum Gasteiger partial charge on any atom is -0.378 e. The van der Waals surface area contributed by atoms with Crippen LogP contribution >= 0.6 is 11.3 Å². The molecule has 34 heavy (non-hydrogen) atoms. The first-order valence-corrected chi connectivity index (χ1v) is 13.7. The number of aromatic nitrogens is 1. The number of H-pyrrole nitrogens is 1. The normalized spacial score (nSPS) is 18.1. The van der Waals surface area contributed by atoms with Crippen LogP contribution in [0.3, 0.4) is 0 Å². The molecule has 2 fully saturated rings. The van der Waals surface area contributed by atoms with E-state index in [1.807, 2.05) is 4.90 Å². The van der Waals surface area contributed by atoms with Gasteiger partial charge < -0.3 is 19.5 Å². The average molecular weight is 480 g/mol. The fourth-order valence-electron chi connectivity index (χ4n) is 5.66. The van der Waals surface area contributed by atoms with E-state index in [0.29, 0.717) is 31.5 Å². The van der Waals surface area contributed by atoms with Crippen LogP contribution in [0.1, 0.15) is 42.4 Å². The number of morpholine rings is 1. The Morgan fingerprint density at radius 2 is 1.82 bits per heavy atom. The number of hydrogen-bond donors (Lipinski definition) is 1. The van der Waals surface area contributed by atoms with Crippen LogP contribution in [0.5, 0.6) is 0 Å². The summed E-state index contributed by atoms with van der Waals surface area (Å²) < 4.78 is 5.37. The number of ether oxygens (including phenoxy) is 1. The van der Waals surface area contributed by atoms with E-state index in [4.69, 9.17) is 4.74 Å². The summed E-state index contributed by atoms with van der Waals surface area (Å²) in [4.78, 5) is 22.1. The number of rotatable bonds is 7. The van der Waals surface area contributed by atoms with Crippen molar-refractivity contribution >= 4 is 27.5 Å². The highest BCUT2D eigenvalue weighted by Gasteiger charge is 2.23. The summed E-state index contributed by atoms with van der Waals surface area (Å²) in [7, 11) is 0. The molecule has 3 aromatic rings. The molecule has 2 saturated heterocycles. The second kappa shape index (κ2) is 10.6. The van der Waals surface area contributed by atoms with Crippen LogP contribution in [0.4, 0.5) is 0 Å². The smallest absolute Gasteiger partial charge is 0.222 e. The van der Waals surface area contributed by atoms with E-state index in [1.165, 1.54) is 51.0 Å². The third-order valence-corrected chi connectivity index (χ3v) is 8.39. The predicted molar refractivity (Wildman–Crippen MR) is 141 cm³/mol.